The van der Waals surface area contributed by atoms with Gasteiger partial charge in [0.2, 0.25) is 0 Å². The Morgan fingerprint density at radius 2 is 1.83 bits per heavy atom. The first-order chi connectivity index (χ1) is 11.3. The molecule has 0 radical (unpaired) electrons. The largest absolute Gasteiger partial charge is 0.465 e. The number of nitrogens with zero attached hydrogens (tertiary/aromatic N) is 1. The fraction of sp³-hybridized carbons (Fsp3) is 0.278. The molecule has 0 bridgehead atoms. The normalized spacial score (nSPS) is 10.8. The topological polar surface area (TPSA) is 77.5 Å². The summed E-state index contributed by atoms with van der Waals surface area (Å²) >= 11 is 0. The average Bonchev–Trinajstić information content (AvgIpc) is 2.52. The van der Waals surface area contributed by atoms with Crippen molar-refractivity contribution in [2.75, 3.05) is 12.4 Å². The van der Waals surface area contributed by atoms with Gasteiger partial charge in [0.25, 0.3) is 0 Å². The maximum absolute atomic E-state index is 11.9. The zero-order valence-electron chi connectivity index (χ0n) is 14.1. The highest BCUT2D eigenvalue weighted by atomic mass is 16.6. The van der Waals surface area contributed by atoms with Gasteiger partial charge in [-0.25, -0.2) is 9.59 Å². The van der Waals surface area contributed by atoms with Crippen LogP contribution in [0, 0.1) is 0 Å². The van der Waals surface area contributed by atoms with Crippen LogP contribution in [0.3, 0.4) is 0 Å². The molecule has 6 nitrogen and oxygen atoms in total. The lowest BCUT2D eigenvalue weighted by Gasteiger charge is -2.19. The lowest BCUT2D eigenvalue weighted by atomic mass is 10.1. The quantitative estimate of drug-likeness (QED) is 0.865. The van der Waals surface area contributed by atoms with E-state index >= 15 is 0 Å². The van der Waals surface area contributed by atoms with Gasteiger partial charge in [-0.1, -0.05) is 12.1 Å². The summed E-state index contributed by atoms with van der Waals surface area (Å²) < 4.78 is 9.93. The number of hydrogen-bond acceptors (Lipinski definition) is 5. The van der Waals surface area contributed by atoms with Gasteiger partial charge < -0.3 is 9.47 Å². The number of benzene rings is 1. The van der Waals surface area contributed by atoms with Gasteiger partial charge in [-0.2, -0.15) is 0 Å². The number of rotatable bonds is 3. The van der Waals surface area contributed by atoms with Gasteiger partial charge in [-0.3, -0.25) is 10.3 Å². The number of aromatic nitrogens is 1. The fourth-order valence-corrected chi connectivity index (χ4v) is 2.03. The zero-order chi connectivity index (χ0) is 17.7. The molecule has 1 amide bonds. The summed E-state index contributed by atoms with van der Waals surface area (Å²) in [6, 6.07) is 8.88. The number of esters is 1. The molecule has 1 aromatic carbocycles. The minimum atomic E-state index is -0.569. The molecule has 0 spiro atoms. The molecule has 0 saturated carbocycles. The van der Waals surface area contributed by atoms with Gasteiger partial charge in [0, 0.05) is 23.6 Å². The van der Waals surface area contributed by atoms with Crippen LogP contribution in [0.1, 0.15) is 31.1 Å². The Bertz CT molecular complexity index is 751. The fourth-order valence-electron chi connectivity index (χ4n) is 2.03. The van der Waals surface area contributed by atoms with Crippen molar-refractivity contribution >= 4 is 17.7 Å². The molecule has 0 atom stereocenters. The highest BCUT2D eigenvalue weighted by molar-refractivity contribution is 5.91. The molecule has 1 N–H and O–H groups in total. The molecule has 0 unspecified atom stereocenters. The van der Waals surface area contributed by atoms with E-state index in [-0.39, 0.29) is 0 Å². The molecule has 2 aromatic rings. The Labute approximate surface area is 140 Å². The van der Waals surface area contributed by atoms with Crippen molar-refractivity contribution < 1.29 is 19.1 Å². The number of carbonyl (C=O) groups is 2. The predicted octanol–water partition coefficient (Wildman–Crippen LogP) is 3.88. The van der Waals surface area contributed by atoms with Crippen LogP contribution in [0.25, 0.3) is 11.1 Å². The van der Waals surface area contributed by atoms with Crippen LogP contribution in [0.5, 0.6) is 0 Å². The molecule has 0 aliphatic rings. The van der Waals surface area contributed by atoms with E-state index in [2.05, 4.69) is 10.3 Å². The van der Waals surface area contributed by atoms with E-state index < -0.39 is 17.7 Å². The number of hydrogen-bond donors (Lipinski definition) is 1. The van der Waals surface area contributed by atoms with E-state index in [1.807, 2.05) is 6.07 Å². The molecule has 0 saturated heterocycles. The molecule has 1 heterocycles. The molecule has 0 aliphatic heterocycles. The van der Waals surface area contributed by atoms with Crippen LogP contribution in [-0.4, -0.2) is 29.8 Å². The molecular weight excluding hydrogens is 308 g/mol. The number of carbonyl (C=O) groups excluding carboxylic acids is 2. The first-order valence-electron chi connectivity index (χ1n) is 7.42. The maximum atomic E-state index is 11.9. The van der Waals surface area contributed by atoms with Gasteiger partial charge in [0.05, 0.1) is 12.7 Å². The van der Waals surface area contributed by atoms with Crippen LogP contribution >= 0.6 is 0 Å². The molecule has 6 heteroatoms. The number of ether oxygens (including phenoxy) is 2. The van der Waals surface area contributed by atoms with Crippen LogP contribution in [0.4, 0.5) is 10.5 Å². The Morgan fingerprint density at radius 3 is 2.50 bits per heavy atom. The van der Waals surface area contributed by atoms with Gasteiger partial charge in [-0.05, 0) is 44.5 Å². The maximum Gasteiger partial charge on any atom is 0.412 e. The molecule has 0 aliphatic carbocycles. The van der Waals surface area contributed by atoms with Crippen LogP contribution in [0.15, 0.2) is 42.7 Å². The summed E-state index contributed by atoms with van der Waals surface area (Å²) in [4.78, 5) is 27.5. The molecule has 2 rings (SSSR count). The van der Waals surface area contributed by atoms with E-state index in [1.165, 1.54) is 13.3 Å². The summed E-state index contributed by atoms with van der Waals surface area (Å²) in [7, 11) is 1.32. The molecule has 126 valence electrons. The lowest BCUT2D eigenvalue weighted by molar-refractivity contribution is 0.0597. The average molecular weight is 328 g/mol. The van der Waals surface area contributed by atoms with Crippen LogP contribution in [-0.2, 0) is 9.47 Å². The summed E-state index contributed by atoms with van der Waals surface area (Å²) in [6.07, 6.45) is 2.55. The van der Waals surface area contributed by atoms with Crippen molar-refractivity contribution in [3.63, 3.8) is 0 Å². The second kappa shape index (κ2) is 7.12. The first kappa shape index (κ1) is 17.5. The zero-order valence-corrected chi connectivity index (χ0v) is 14.1. The Balaban J connectivity index is 2.22. The number of anilines is 1. The summed E-state index contributed by atoms with van der Waals surface area (Å²) in [6.45, 7) is 5.40. The summed E-state index contributed by atoms with van der Waals surface area (Å²) in [5.41, 5.74) is 1.93. The summed E-state index contributed by atoms with van der Waals surface area (Å²) in [5, 5.41) is 2.68. The molecule has 24 heavy (non-hydrogen) atoms. The highest BCUT2D eigenvalue weighted by Crippen LogP contribution is 2.23. The van der Waals surface area contributed by atoms with Crippen molar-refractivity contribution in [2.45, 2.75) is 26.4 Å². The van der Waals surface area contributed by atoms with E-state index in [0.29, 0.717) is 11.3 Å². The first-order valence-corrected chi connectivity index (χ1v) is 7.42. The minimum absolute atomic E-state index is 0.362. The number of nitrogens with one attached hydrogen (secondary N) is 1. The molecule has 0 fully saturated rings. The third-order valence-corrected chi connectivity index (χ3v) is 3.00. The SMILES string of the molecule is COC(=O)c1cncc(-c2cccc(NC(=O)OC(C)(C)C)c2)c1. The third kappa shape index (κ3) is 4.81. The van der Waals surface area contributed by atoms with Gasteiger partial charge in [-0.15, -0.1) is 0 Å². The predicted molar refractivity (Wildman–Crippen MR) is 90.9 cm³/mol. The van der Waals surface area contributed by atoms with E-state index in [4.69, 9.17) is 9.47 Å². The van der Waals surface area contributed by atoms with Crippen molar-refractivity contribution in [1.82, 2.24) is 4.98 Å². The van der Waals surface area contributed by atoms with Gasteiger partial charge in [0.15, 0.2) is 0 Å². The van der Waals surface area contributed by atoms with Gasteiger partial charge >= 0.3 is 12.1 Å². The second-order valence-electron chi connectivity index (χ2n) is 6.16. The van der Waals surface area contributed by atoms with Crippen molar-refractivity contribution in [1.29, 1.82) is 0 Å². The standard InChI is InChI=1S/C18H20N2O4/c1-18(2,3)24-17(22)20-15-7-5-6-12(9-15)13-8-14(11-19-10-13)16(21)23-4/h5-11H,1-4H3,(H,20,22). The number of amides is 1. The monoisotopic (exact) mass is 328 g/mol. The van der Waals surface area contributed by atoms with E-state index in [9.17, 15) is 9.59 Å². The smallest absolute Gasteiger partial charge is 0.412 e. The molecular formula is C18H20N2O4. The van der Waals surface area contributed by atoms with Gasteiger partial charge in [0.1, 0.15) is 5.60 Å². The number of methoxy groups -OCH3 is 1. The highest BCUT2D eigenvalue weighted by Gasteiger charge is 2.16. The van der Waals surface area contributed by atoms with Crippen molar-refractivity contribution in [3.05, 3.63) is 48.3 Å². The van der Waals surface area contributed by atoms with Crippen LogP contribution < -0.4 is 5.32 Å². The van der Waals surface area contributed by atoms with Crippen molar-refractivity contribution in [3.8, 4) is 11.1 Å². The Morgan fingerprint density at radius 1 is 1.08 bits per heavy atom. The third-order valence-electron chi connectivity index (χ3n) is 3.00. The van der Waals surface area contributed by atoms with Crippen LogP contribution in [0.2, 0.25) is 0 Å². The lowest BCUT2D eigenvalue weighted by Crippen LogP contribution is -2.27. The minimum Gasteiger partial charge on any atom is -0.465 e. The second-order valence-corrected chi connectivity index (χ2v) is 6.16. The van der Waals surface area contributed by atoms with E-state index in [0.717, 1.165) is 11.1 Å². The Kier molecular flexibility index (Phi) is 5.18. The molecule has 1 aromatic heterocycles. The van der Waals surface area contributed by atoms with E-state index in [1.54, 1.807) is 51.2 Å². The number of pyridine rings is 1. The Hall–Kier alpha value is -2.89. The summed E-state index contributed by atoms with van der Waals surface area (Å²) in [5.74, 6) is -0.451. The van der Waals surface area contributed by atoms with Crippen molar-refractivity contribution in [2.24, 2.45) is 0 Å².